The summed E-state index contributed by atoms with van der Waals surface area (Å²) in [4.78, 5) is 97.5. The lowest BCUT2D eigenvalue weighted by atomic mass is 9.98. The molecule has 0 bridgehead atoms. The third kappa shape index (κ3) is 12.9. The highest BCUT2D eigenvalue weighted by Gasteiger charge is 2.56. The highest BCUT2D eigenvalue weighted by Crippen LogP contribution is 2.27. The van der Waals surface area contributed by atoms with E-state index in [0.29, 0.717) is 11.4 Å². The Morgan fingerprint density at radius 2 is 1.14 bits per heavy atom. The zero-order chi connectivity index (χ0) is 53.7. The van der Waals surface area contributed by atoms with Crippen LogP contribution in [0.25, 0.3) is 0 Å². The van der Waals surface area contributed by atoms with Crippen molar-refractivity contribution in [3.8, 4) is 0 Å². The molecule has 2 aliphatic heterocycles. The number of nitrogens with zero attached hydrogens (tertiary/aromatic N) is 13. The molecule has 2 fully saturated rings. The number of aliphatic imine (C=N–C) groups is 1. The van der Waals surface area contributed by atoms with Crippen molar-refractivity contribution in [2.24, 2.45) is 26.8 Å². The first-order valence-corrected chi connectivity index (χ1v) is 24.4. The molecular formula is C33H43N19O16S4. The van der Waals surface area contributed by atoms with E-state index in [1.807, 2.05) is 0 Å². The number of anilines is 2. The van der Waals surface area contributed by atoms with Gasteiger partial charge < -0.3 is 53.5 Å². The Labute approximate surface area is 412 Å². The molecule has 0 aliphatic carbocycles. The molecule has 4 atom stereocenters. The third-order valence-electron chi connectivity index (χ3n) is 9.56. The largest absolute Gasteiger partial charge is 0.478 e. The van der Waals surface area contributed by atoms with Crippen molar-refractivity contribution in [2.75, 3.05) is 11.5 Å². The average molecular weight is 1090 g/mol. The molecule has 35 nitrogen and oxygen atoms in total. The maximum Gasteiger partial charge on any atom is 0.362 e. The summed E-state index contributed by atoms with van der Waals surface area (Å²) < 4.78 is 66.3. The lowest BCUT2D eigenvalue weighted by Gasteiger charge is -2.43. The minimum Gasteiger partial charge on any atom is -0.478 e. The van der Waals surface area contributed by atoms with Crippen LogP contribution in [0.3, 0.4) is 0 Å². The van der Waals surface area contributed by atoms with Gasteiger partial charge in [0.25, 0.3) is 23.6 Å². The Balaban J connectivity index is 0.000000268. The second kappa shape index (κ2) is 21.6. The highest BCUT2D eigenvalue weighted by molar-refractivity contribution is 7.84. The van der Waals surface area contributed by atoms with Gasteiger partial charge in [-0.25, -0.2) is 28.2 Å². The van der Waals surface area contributed by atoms with Crippen molar-refractivity contribution in [3.63, 3.8) is 0 Å². The third-order valence-corrected chi connectivity index (χ3v) is 12.8. The van der Waals surface area contributed by atoms with Crippen molar-refractivity contribution >= 4 is 107 Å². The number of amides is 4. The van der Waals surface area contributed by atoms with Gasteiger partial charge in [0.2, 0.25) is 11.2 Å². The molecule has 0 saturated carbocycles. The first-order valence-electron chi connectivity index (χ1n) is 19.8. The number of rotatable bonds is 21. The minimum atomic E-state index is -4.99. The predicted molar refractivity (Wildman–Crippen MR) is 244 cm³/mol. The molecular weight excluding hydrogens is 1050 g/mol. The smallest absolute Gasteiger partial charge is 0.362 e. The van der Waals surface area contributed by atoms with Crippen LogP contribution < -0.4 is 33.6 Å². The van der Waals surface area contributed by atoms with Crippen molar-refractivity contribution in [3.05, 3.63) is 45.9 Å². The molecule has 0 spiro atoms. The zero-order valence-electron chi connectivity index (χ0n) is 37.5. The number of carbonyl (C=O) groups excluding carboxylic acids is 4. The number of hydrogen-bond acceptors (Lipinski definition) is 26. The number of aliphatic carboxylic acids is 2. The topological polar surface area (TPSA) is 529 Å². The van der Waals surface area contributed by atoms with E-state index in [0.717, 1.165) is 38.6 Å². The fraction of sp³-hybridized carbons (Fsp3) is 0.424. The molecule has 2 saturated heterocycles. The van der Waals surface area contributed by atoms with E-state index < -0.39 is 103 Å². The first-order chi connectivity index (χ1) is 33.5. The van der Waals surface area contributed by atoms with E-state index in [1.54, 1.807) is 0 Å². The number of carboxylic acid groups (broad SMARTS) is 2. The molecule has 0 unspecified atom stereocenters. The predicted octanol–water partition coefficient (Wildman–Crippen LogP) is -4.86. The van der Waals surface area contributed by atoms with Gasteiger partial charge in [-0.1, -0.05) is 10.3 Å². The monoisotopic (exact) mass is 1090 g/mol. The van der Waals surface area contributed by atoms with Gasteiger partial charge in [-0.05, 0) is 27.7 Å². The van der Waals surface area contributed by atoms with Gasteiger partial charge in [-0.15, -0.1) is 22.7 Å². The molecule has 0 aromatic carbocycles. The van der Waals surface area contributed by atoms with Crippen LogP contribution in [0.1, 0.15) is 50.5 Å². The summed E-state index contributed by atoms with van der Waals surface area (Å²) in [6.45, 7) is 4.21. The molecule has 4 aromatic rings. The summed E-state index contributed by atoms with van der Waals surface area (Å²) in [5, 5.41) is 49.0. The molecule has 4 aromatic heterocycles. The maximum absolute atomic E-state index is 13.1. The molecule has 14 N–H and O–H groups in total. The number of carbonyl (C=O) groups is 6. The molecule has 4 amide bonds. The van der Waals surface area contributed by atoms with Crippen LogP contribution in [0.5, 0.6) is 0 Å². The van der Waals surface area contributed by atoms with Crippen molar-refractivity contribution in [1.29, 1.82) is 0 Å². The lowest BCUT2D eigenvalue weighted by molar-refractivity contribution is -0.161. The summed E-state index contributed by atoms with van der Waals surface area (Å²) >= 11 is 1.91. The van der Waals surface area contributed by atoms with E-state index in [4.69, 9.17) is 32.6 Å². The standard InChI is InChI=1S/C17H22N10O8S2.C16H21N9O8S2/c1-17(2,15(30)31)35-25-11(9-6-36-16(19)22-9)13(28)23-12-10(27(14(12)29)37(32,33)34)5-26-21-4-8(24-26)3-20-7-18;1-16(2,14(28)29)33-23-10(8-6-34-15(18)20-8)12(26)21-11-9(25(13(11)27)35(30,31)32)5-24-19-4-7(3-17)22-24/h4,6-7,10,12H,3,5H2,1-2H3,(H2,18,20)(H2,19,22)(H,23,28)(H,30,31)(H,32,33,34);4,6,9,11H,3,5,17H2,1-2H3,(H2,18,20)(H,21,26)(H,28,29)(H,30,31,32)/b25-11-;23-10-/t10-,12+;9-,11+/m11/s1. The molecule has 390 valence electrons. The van der Waals surface area contributed by atoms with Gasteiger partial charge in [-0.3, -0.25) is 33.3 Å². The fourth-order valence-electron chi connectivity index (χ4n) is 5.79. The summed E-state index contributed by atoms with van der Waals surface area (Å²) in [5.74, 6) is -7.15. The SMILES string of the molecule is CC(C)(O/N=C(\C(=O)N[C@@H]1C(=O)N(S(=O)(=O)O)[C@@H]1Cn1ncc(CN)n1)c1csc(N)n1)C(=O)O.CC(C)(O/N=C(\C(=O)N[C@@H]1C(=O)N(S(=O)(=O)O)[C@@H]1Cn1ncc(CN=CN)n1)c1csc(N)n1)C(=O)O. The molecule has 39 heteroatoms. The van der Waals surface area contributed by atoms with Crippen molar-refractivity contribution < 1.29 is 74.6 Å². The van der Waals surface area contributed by atoms with Gasteiger partial charge in [0.05, 0.1) is 44.1 Å². The number of aromatic nitrogens is 8. The van der Waals surface area contributed by atoms with Gasteiger partial charge in [0, 0.05) is 17.3 Å². The summed E-state index contributed by atoms with van der Waals surface area (Å²) in [6.07, 6.45) is 3.72. The second-order valence-electron chi connectivity index (χ2n) is 15.6. The van der Waals surface area contributed by atoms with Crippen LogP contribution in [-0.2, 0) is 85.2 Å². The van der Waals surface area contributed by atoms with Crippen LogP contribution in [0.2, 0.25) is 0 Å². The van der Waals surface area contributed by atoms with Crippen molar-refractivity contribution in [2.45, 2.75) is 89.2 Å². The van der Waals surface area contributed by atoms with Crippen LogP contribution in [0.4, 0.5) is 10.3 Å². The van der Waals surface area contributed by atoms with Crippen LogP contribution in [0, 0.1) is 0 Å². The fourth-order valence-corrected chi connectivity index (χ4v) is 8.63. The Kier molecular flexibility index (Phi) is 16.6. The van der Waals surface area contributed by atoms with E-state index >= 15 is 0 Å². The van der Waals surface area contributed by atoms with Crippen LogP contribution in [0.15, 0.2) is 38.5 Å². The highest BCUT2D eigenvalue weighted by atomic mass is 32.2. The van der Waals surface area contributed by atoms with E-state index in [9.17, 15) is 64.9 Å². The van der Waals surface area contributed by atoms with Gasteiger partial charge in [0.1, 0.15) is 41.2 Å². The minimum absolute atomic E-state index is 0.0507. The lowest BCUT2D eigenvalue weighted by Crippen LogP contribution is -2.73. The second-order valence-corrected chi connectivity index (χ2v) is 19.9. The van der Waals surface area contributed by atoms with Gasteiger partial charge in [-0.2, -0.15) is 46.8 Å². The number of nitrogen functional groups attached to an aromatic ring is 2. The number of carboxylic acids is 2. The zero-order valence-corrected chi connectivity index (χ0v) is 40.7. The number of thiazole rings is 2. The summed E-state index contributed by atoms with van der Waals surface area (Å²) in [6, 6.07) is -5.56. The van der Waals surface area contributed by atoms with Crippen molar-refractivity contribution in [1.82, 2.24) is 59.2 Å². The molecule has 72 heavy (non-hydrogen) atoms. The normalized spacial score (nSPS) is 18.7. The summed E-state index contributed by atoms with van der Waals surface area (Å²) in [5.41, 5.74) is 17.7. The van der Waals surface area contributed by atoms with E-state index in [-0.39, 0.29) is 56.4 Å². The Morgan fingerprint density at radius 1 is 0.750 bits per heavy atom. The molecule has 2 aliphatic rings. The number of hydrogen-bond donors (Lipinski definition) is 10. The van der Waals surface area contributed by atoms with E-state index in [1.165, 1.54) is 50.8 Å². The molecule has 0 radical (unpaired) electrons. The quantitative estimate of drug-likeness (QED) is 0.0123. The Bertz CT molecular complexity index is 3050. The number of oxime groups is 2. The van der Waals surface area contributed by atoms with Gasteiger partial charge in [0.15, 0.2) is 21.7 Å². The first kappa shape index (κ1) is 55.1. The summed E-state index contributed by atoms with van der Waals surface area (Å²) in [7, 11) is -9.96. The maximum atomic E-state index is 13.1. The van der Waals surface area contributed by atoms with Crippen LogP contribution >= 0.6 is 22.7 Å². The number of nitrogens with two attached hydrogens (primary N) is 4. The Morgan fingerprint density at radius 3 is 1.46 bits per heavy atom. The van der Waals surface area contributed by atoms with Gasteiger partial charge >= 0.3 is 32.5 Å². The average Bonchev–Trinajstić information content (AvgIpc) is 4.12. The number of nitrogens with one attached hydrogen (secondary N) is 2. The molecule has 6 heterocycles. The molecule has 6 rings (SSSR count). The van der Waals surface area contributed by atoms with E-state index in [2.05, 4.69) is 56.3 Å². The Hall–Kier alpha value is -7.85. The number of β-lactam (4-membered cyclic amide) rings is 2. The van der Waals surface area contributed by atoms with Crippen LogP contribution in [-0.4, -0.2) is 173 Å².